The minimum Gasteiger partial charge on any atom is -0.493 e. The van der Waals surface area contributed by atoms with Crippen LogP contribution in [0.5, 0.6) is 11.5 Å². The van der Waals surface area contributed by atoms with Crippen LogP contribution < -0.4 is 14.8 Å². The van der Waals surface area contributed by atoms with Gasteiger partial charge in [0.1, 0.15) is 12.4 Å². The molecule has 1 saturated carbocycles. The number of benzene rings is 2. The highest BCUT2D eigenvalue weighted by Crippen LogP contribution is 2.33. The fourth-order valence-electron chi connectivity index (χ4n) is 4.26. The highest BCUT2D eigenvalue weighted by atomic mass is 16.5. The molecule has 1 aliphatic rings. The molecule has 7 heteroatoms. The van der Waals surface area contributed by atoms with Crippen molar-refractivity contribution in [3.05, 3.63) is 72.4 Å². The number of ether oxygens (including phenoxy) is 2. The monoisotopic (exact) mass is 444 g/mol. The molecular formula is C26H28N4O3. The topological polar surface area (TPSA) is 80.9 Å². The fourth-order valence-corrected chi connectivity index (χ4v) is 4.26. The molecule has 7 nitrogen and oxygen atoms in total. The van der Waals surface area contributed by atoms with Gasteiger partial charge in [-0.3, -0.25) is 0 Å². The predicted molar refractivity (Wildman–Crippen MR) is 128 cm³/mol. The van der Waals surface area contributed by atoms with Crippen molar-refractivity contribution in [2.45, 2.75) is 44.4 Å². The molecule has 1 aliphatic carbocycles. The lowest BCUT2D eigenvalue weighted by molar-refractivity contribution is 0.126. The van der Waals surface area contributed by atoms with E-state index in [1.54, 1.807) is 7.11 Å². The number of hydrogen-bond donors (Lipinski definition) is 2. The van der Waals surface area contributed by atoms with Crippen LogP contribution in [-0.2, 0) is 6.61 Å². The molecular weight excluding hydrogens is 416 g/mol. The first-order valence-corrected chi connectivity index (χ1v) is 11.3. The number of fused-ring (bicyclic) bond motifs is 1. The molecule has 0 atom stereocenters. The van der Waals surface area contributed by atoms with Crippen molar-refractivity contribution in [3.8, 4) is 22.8 Å². The number of rotatable bonds is 7. The summed E-state index contributed by atoms with van der Waals surface area (Å²) in [5.41, 5.74) is 3.68. The molecule has 2 N–H and O–H groups in total. The lowest BCUT2D eigenvalue weighted by Crippen LogP contribution is -2.28. The average molecular weight is 445 g/mol. The van der Waals surface area contributed by atoms with Crippen molar-refractivity contribution >= 4 is 11.5 Å². The van der Waals surface area contributed by atoms with Crippen molar-refractivity contribution in [3.63, 3.8) is 0 Å². The fraction of sp³-hybridized carbons (Fsp3) is 0.308. The zero-order chi connectivity index (χ0) is 22.6. The van der Waals surface area contributed by atoms with Gasteiger partial charge in [-0.15, -0.1) is 5.10 Å². The zero-order valence-electron chi connectivity index (χ0n) is 18.6. The van der Waals surface area contributed by atoms with Crippen LogP contribution in [0.25, 0.3) is 16.9 Å². The van der Waals surface area contributed by atoms with Gasteiger partial charge in [-0.05, 0) is 61.6 Å². The summed E-state index contributed by atoms with van der Waals surface area (Å²) in [6.07, 6.45) is 5.19. The number of methoxy groups -OCH3 is 1. The van der Waals surface area contributed by atoms with E-state index in [0.29, 0.717) is 24.1 Å². The van der Waals surface area contributed by atoms with Crippen molar-refractivity contribution in [2.75, 3.05) is 12.4 Å². The Kier molecular flexibility index (Phi) is 6.13. The minimum atomic E-state index is -0.174. The Bertz CT molecular complexity index is 1220. The van der Waals surface area contributed by atoms with Gasteiger partial charge in [0.15, 0.2) is 17.1 Å². The molecule has 2 aromatic heterocycles. The van der Waals surface area contributed by atoms with Crippen LogP contribution in [0.1, 0.15) is 31.2 Å². The third-order valence-corrected chi connectivity index (χ3v) is 6.11. The Morgan fingerprint density at radius 2 is 1.82 bits per heavy atom. The number of anilines is 1. The molecule has 5 rings (SSSR count). The van der Waals surface area contributed by atoms with E-state index in [0.717, 1.165) is 54.0 Å². The first-order valence-electron chi connectivity index (χ1n) is 11.3. The summed E-state index contributed by atoms with van der Waals surface area (Å²) >= 11 is 0. The molecule has 0 saturated heterocycles. The number of nitrogens with zero attached hydrogens (tertiary/aromatic N) is 3. The highest BCUT2D eigenvalue weighted by molar-refractivity contribution is 5.67. The van der Waals surface area contributed by atoms with E-state index in [1.165, 1.54) is 0 Å². The second-order valence-electron chi connectivity index (χ2n) is 8.42. The maximum Gasteiger partial charge on any atom is 0.162 e. The Labute approximate surface area is 193 Å². The van der Waals surface area contributed by atoms with Gasteiger partial charge >= 0.3 is 0 Å². The van der Waals surface area contributed by atoms with Gasteiger partial charge in [0.05, 0.1) is 25.1 Å². The molecule has 0 spiro atoms. The van der Waals surface area contributed by atoms with Gasteiger partial charge in [-0.2, -0.15) is 0 Å². The van der Waals surface area contributed by atoms with Crippen molar-refractivity contribution in [2.24, 2.45) is 0 Å². The van der Waals surface area contributed by atoms with E-state index in [4.69, 9.17) is 14.6 Å². The molecule has 0 amide bonds. The lowest BCUT2D eigenvalue weighted by atomic mass is 9.93. The number of hydrogen-bond acceptors (Lipinski definition) is 6. The summed E-state index contributed by atoms with van der Waals surface area (Å²) in [6, 6.07) is 20.2. The molecule has 4 aromatic rings. The van der Waals surface area contributed by atoms with E-state index in [2.05, 4.69) is 10.3 Å². The first-order chi connectivity index (χ1) is 16.2. The van der Waals surface area contributed by atoms with Gasteiger partial charge in [0.2, 0.25) is 0 Å². The maximum absolute atomic E-state index is 9.76. The Balaban J connectivity index is 1.40. The average Bonchev–Trinajstić information content (AvgIpc) is 3.28. The summed E-state index contributed by atoms with van der Waals surface area (Å²) < 4.78 is 13.5. The van der Waals surface area contributed by atoms with E-state index in [9.17, 15) is 5.11 Å². The summed E-state index contributed by atoms with van der Waals surface area (Å²) in [5, 5.41) is 18.1. The van der Waals surface area contributed by atoms with Crippen LogP contribution in [0.2, 0.25) is 0 Å². The first kappa shape index (κ1) is 21.3. The molecule has 0 aliphatic heterocycles. The largest absolute Gasteiger partial charge is 0.493 e. The lowest BCUT2D eigenvalue weighted by Gasteiger charge is -2.26. The van der Waals surface area contributed by atoms with Gasteiger partial charge in [0.25, 0.3) is 0 Å². The second kappa shape index (κ2) is 9.50. The summed E-state index contributed by atoms with van der Waals surface area (Å²) in [6.45, 7) is 0.455. The molecule has 1 fully saturated rings. The molecule has 33 heavy (non-hydrogen) atoms. The van der Waals surface area contributed by atoms with Crippen LogP contribution in [0.3, 0.4) is 0 Å². The number of aromatic nitrogens is 3. The highest BCUT2D eigenvalue weighted by Gasteiger charge is 2.20. The smallest absolute Gasteiger partial charge is 0.162 e. The summed E-state index contributed by atoms with van der Waals surface area (Å²) in [4.78, 5) is 4.53. The van der Waals surface area contributed by atoms with Crippen molar-refractivity contribution < 1.29 is 14.6 Å². The van der Waals surface area contributed by atoms with E-state index >= 15 is 0 Å². The SMILES string of the molecule is COc1ccc(-c2cnc3ccc(N[C@H]4CC[C@H](O)CC4)nn23)cc1OCc1ccccc1. The van der Waals surface area contributed by atoms with Crippen LogP contribution >= 0.6 is 0 Å². The third kappa shape index (κ3) is 4.78. The van der Waals surface area contributed by atoms with Crippen LogP contribution in [0, 0.1) is 0 Å². The number of aliphatic hydroxyl groups is 1. The third-order valence-electron chi connectivity index (χ3n) is 6.11. The number of imidazole rings is 1. The van der Waals surface area contributed by atoms with E-state index in [1.807, 2.05) is 71.4 Å². The van der Waals surface area contributed by atoms with Gasteiger partial charge in [0, 0.05) is 11.6 Å². The Hall–Kier alpha value is -3.58. The van der Waals surface area contributed by atoms with Crippen molar-refractivity contribution in [1.82, 2.24) is 14.6 Å². The normalized spacial score (nSPS) is 18.2. The number of nitrogens with one attached hydrogen (secondary N) is 1. The standard InChI is InChI=1S/C26H28N4O3/c1-32-23-12-7-19(15-24(23)33-17-18-5-3-2-4-6-18)22-16-27-26-14-13-25(29-30(22)26)28-20-8-10-21(31)11-9-20/h2-7,12-16,20-21,31H,8-11,17H2,1H3,(H,28,29)/t20-,21-. The Morgan fingerprint density at radius 1 is 1.00 bits per heavy atom. The molecule has 0 unspecified atom stereocenters. The molecule has 0 bridgehead atoms. The van der Waals surface area contributed by atoms with Gasteiger partial charge in [-0.25, -0.2) is 9.50 Å². The molecule has 0 radical (unpaired) electrons. The quantitative estimate of drug-likeness (QED) is 0.430. The van der Waals surface area contributed by atoms with E-state index < -0.39 is 0 Å². The molecule has 2 heterocycles. The minimum absolute atomic E-state index is 0.174. The van der Waals surface area contributed by atoms with Gasteiger partial charge in [-0.1, -0.05) is 30.3 Å². The molecule has 170 valence electrons. The van der Waals surface area contributed by atoms with Crippen LogP contribution in [0.15, 0.2) is 66.9 Å². The Morgan fingerprint density at radius 3 is 2.61 bits per heavy atom. The predicted octanol–water partition coefficient (Wildman–Crippen LogP) is 4.70. The van der Waals surface area contributed by atoms with Crippen LogP contribution in [-0.4, -0.2) is 39.0 Å². The van der Waals surface area contributed by atoms with Crippen molar-refractivity contribution in [1.29, 1.82) is 0 Å². The second-order valence-corrected chi connectivity index (χ2v) is 8.42. The van der Waals surface area contributed by atoms with Gasteiger partial charge < -0.3 is 19.9 Å². The van der Waals surface area contributed by atoms with Crippen LogP contribution in [0.4, 0.5) is 5.82 Å². The number of aliphatic hydroxyl groups excluding tert-OH is 1. The summed E-state index contributed by atoms with van der Waals surface area (Å²) in [7, 11) is 1.64. The van der Waals surface area contributed by atoms with E-state index in [-0.39, 0.29) is 6.10 Å². The summed E-state index contributed by atoms with van der Waals surface area (Å²) in [5.74, 6) is 2.15. The molecule has 2 aromatic carbocycles. The zero-order valence-corrected chi connectivity index (χ0v) is 18.6. The maximum atomic E-state index is 9.76.